The van der Waals surface area contributed by atoms with Gasteiger partial charge in [-0.05, 0) is 49.4 Å². The van der Waals surface area contributed by atoms with Crippen molar-refractivity contribution >= 4 is 11.9 Å². The number of methoxy groups -OCH3 is 1. The number of hydrogen-bond donors (Lipinski definition) is 1. The largest absolute Gasteiger partial charge is 0.493 e. The third-order valence-corrected chi connectivity index (χ3v) is 5.45. The molecule has 160 valence electrons. The zero-order valence-corrected chi connectivity index (χ0v) is 17.6. The normalized spacial score (nSPS) is 16.1. The van der Waals surface area contributed by atoms with Gasteiger partial charge in [-0.25, -0.2) is 9.48 Å². The molecule has 7 heteroatoms. The van der Waals surface area contributed by atoms with Crippen LogP contribution >= 0.6 is 0 Å². The van der Waals surface area contributed by atoms with E-state index in [1.54, 1.807) is 17.8 Å². The smallest absolute Gasteiger partial charge is 0.363 e. The predicted molar refractivity (Wildman–Crippen MR) is 115 cm³/mol. The number of amides is 1. The summed E-state index contributed by atoms with van der Waals surface area (Å²) in [5.41, 5.74) is 3.18. The van der Waals surface area contributed by atoms with Crippen LogP contribution in [0.4, 0.5) is 0 Å². The highest BCUT2D eigenvalue weighted by Gasteiger charge is 2.28. The zero-order chi connectivity index (χ0) is 21.8. The average Bonchev–Trinajstić information content (AvgIpc) is 3.24. The zero-order valence-electron chi connectivity index (χ0n) is 17.6. The van der Waals surface area contributed by atoms with E-state index >= 15 is 0 Å². The fraction of sp³-hybridized carbons (Fsp3) is 0.292. The Morgan fingerprint density at radius 1 is 1.13 bits per heavy atom. The Hall–Kier alpha value is -3.61. The van der Waals surface area contributed by atoms with Gasteiger partial charge in [-0.1, -0.05) is 42.5 Å². The number of benzene rings is 2. The number of rotatable bonds is 6. The van der Waals surface area contributed by atoms with E-state index in [1.807, 2.05) is 48.5 Å². The van der Waals surface area contributed by atoms with Gasteiger partial charge in [0.05, 0.1) is 25.0 Å². The number of esters is 1. The standard InChI is InChI=1S/C24H25N3O4/c1-16(23(28)25-20-14-8-10-17-9-6-7-13-19(17)20)31-24(29)22-21(30-2)15-27(26-22)18-11-4-3-5-12-18/h3-7,9,11-13,15-16,20H,8,10,14H2,1-2H3,(H,25,28)/t16-,20+/m0/s1. The van der Waals surface area contributed by atoms with Crippen LogP contribution in [0.5, 0.6) is 5.75 Å². The van der Waals surface area contributed by atoms with Gasteiger partial charge in [0.15, 0.2) is 11.9 Å². The maximum Gasteiger partial charge on any atom is 0.363 e. The molecule has 0 spiro atoms. The van der Waals surface area contributed by atoms with Crippen molar-refractivity contribution < 1.29 is 19.1 Å². The van der Waals surface area contributed by atoms with Crippen LogP contribution in [0.25, 0.3) is 5.69 Å². The number of fused-ring (bicyclic) bond motifs is 1. The highest BCUT2D eigenvalue weighted by molar-refractivity contribution is 5.93. The van der Waals surface area contributed by atoms with Crippen LogP contribution in [0.1, 0.15) is 47.4 Å². The van der Waals surface area contributed by atoms with E-state index < -0.39 is 12.1 Å². The van der Waals surface area contributed by atoms with Crippen LogP contribution < -0.4 is 10.1 Å². The van der Waals surface area contributed by atoms with Gasteiger partial charge < -0.3 is 14.8 Å². The van der Waals surface area contributed by atoms with Crippen LogP contribution in [0.3, 0.4) is 0 Å². The molecule has 3 aromatic rings. The van der Waals surface area contributed by atoms with Gasteiger partial charge in [-0.2, -0.15) is 5.10 Å². The quantitative estimate of drug-likeness (QED) is 0.617. The lowest BCUT2D eigenvalue weighted by Gasteiger charge is -2.27. The molecular formula is C24H25N3O4. The van der Waals surface area contributed by atoms with Gasteiger partial charge in [-0.3, -0.25) is 4.79 Å². The second kappa shape index (κ2) is 9.04. The Balaban J connectivity index is 1.44. The van der Waals surface area contributed by atoms with Crippen molar-refractivity contribution in [2.75, 3.05) is 7.11 Å². The maximum atomic E-state index is 12.7. The van der Waals surface area contributed by atoms with Gasteiger partial charge in [0.2, 0.25) is 5.69 Å². The predicted octanol–water partition coefficient (Wildman–Crippen LogP) is 3.62. The van der Waals surface area contributed by atoms with E-state index in [9.17, 15) is 9.59 Å². The van der Waals surface area contributed by atoms with Gasteiger partial charge in [0, 0.05) is 0 Å². The number of hydrogen-bond acceptors (Lipinski definition) is 5. The van der Waals surface area contributed by atoms with E-state index in [0.29, 0.717) is 0 Å². The molecule has 0 saturated carbocycles. The van der Waals surface area contributed by atoms with Crippen molar-refractivity contribution in [3.63, 3.8) is 0 Å². The summed E-state index contributed by atoms with van der Waals surface area (Å²) in [6.45, 7) is 1.56. The number of carbonyl (C=O) groups is 2. The van der Waals surface area contributed by atoms with E-state index in [-0.39, 0.29) is 23.4 Å². The van der Waals surface area contributed by atoms with Crippen molar-refractivity contribution in [1.29, 1.82) is 0 Å². The molecule has 0 fully saturated rings. The molecule has 1 aliphatic rings. The average molecular weight is 419 g/mol. The van der Waals surface area contributed by atoms with Gasteiger partial charge in [-0.15, -0.1) is 0 Å². The van der Waals surface area contributed by atoms with Crippen LogP contribution in [0.2, 0.25) is 0 Å². The van der Waals surface area contributed by atoms with E-state index in [1.165, 1.54) is 12.7 Å². The summed E-state index contributed by atoms with van der Waals surface area (Å²) in [4.78, 5) is 25.4. The number of aryl methyl sites for hydroxylation is 1. The van der Waals surface area contributed by atoms with Crippen molar-refractivity contribution in [2.24, 2.45) is 0 Å². The first kappa shape index (κ1) is 20.7. The van der Waals surface area contributed by atoms with Crippen molar-refractivity contribution in [1.82, 2.24) is 15.1 Å². The lowest BCUT2D eigenvalue weighted by molar-refractivity contribution is -0.130. The molecule has 4 rings (SSSR count). The summed E-state index contributed by atoms with van der Waals surface area (Å²) in [6.07, 6.45) is 3.52. The maximum absolute atomic E-state index is 12.7. The molecule has 0 saturated heterocycles. The van der Waals surface area contributed by atoms with Crippen LogP contribution in [-0.4, -0.2) is 34.9 Å². The fourth-order valence-electron chi connectivity index (χ4n) is 3.82. The molecule has 31 heavy (non-hydrogen) atoms. The number of carbonyl (C=O) groups excluding carboxylic acids is 2. The second-order valence-electron chi connectivity index (χ2n) is 7.53. The monoisotopic (exact) mass is 419 g/mol. The van der Waals surface area contributed by atoms with E-state index in [2.05, 4.69) is 16.5 Å². The van der Waals surface area contributed by atoms with Crippen molar-refractivity contribution in [2.45, 2.75) is 38.3 Å². The summed E-state index contributed by atoms with van der Waals surface area (Å²) < 4.78 is 12.2. The van der Waals surface area contributed by atoms with Crippen LogP contribution in [-0.2, 0) is 16.0 Å². The summed E-state index contributed by atoms with van der Waals surface area (Å²) in [5, 5.41) is 7.31. The molecule has 0 aliphatic heterocycles. The molecule has 0 bridgehead atoms. The first-order valence-corrected chi connectivity index (χ1v) is 10.3. The molecule has 1 aromatic heterocycles. The Labute approximate surface area is 181 Å². The summed E-state index contributed by atoms with van der Waals surface area (Å²) in [6, 6.07) is 17.4. The van der Waals surface area contributed by atoms with Crippen molar-refractivity contribution in [3.8, 4) is 11.4 Å². The van der Waals surface area contributed by atoms with E-state index in [0.717, 1.165) is 30.5 Å². The van der Waals surface area contributed by atoms with Crippen LogP contribution in [0.15, 0.2) is 60.8 Å². The number of nitrogens with zero attached hydrogens (tertiary/aromatic N) is 2. The molecule has 1 N–H and O–H groups in total. The molecule has 2 atom stereocenters. The number of para-hydroxylation sites is 1. The Kier molecular flexibility index (Phi) is 6.02. The molecule has 1 heterocycles. The van der Waals surface area contributed by atoms with Crippen molar-refractivity contribution in [3.05, 3.63) is 77.6 Å². The third kappa shape index (κ3) is 4.45. The first-order valence-electron chi connectivity index (χ1n) is 10.3. The number of nitrogens with one attached hydrogen (secondary N) is 1. The summed E-state index contributed by atoms with van der Waals surface area (Å²) in [5.74, 6) is -0.766. The Morgan fingerprint density at radius 2 is 1.87 bits per heavy atom. The fourth-order valence-corrected chi connectivity index (χ4v) is 3.82. The minimum absolute atomic E-state index is 0.0222. The Bertz CT molecular complexity index is 1080. The topological polar surface area (TPSA) is 82.5 Å². The highest BCUT2D eigenvalue weighted by Crippen LogP contribution is 2.29. The highest BCUT2D eigenvalue weighted by atomic mass is 16.6. The number of ether oxygens (including phenoxy) is 2. The van der Waals surface area contributed by atoms with E-state index in [4.69, 9.17) is 9.47 Å². The summed E-state index contributed by atoms with van der Waals surface area (Å²) >= 11 is 0. The lowest BCUT2D eigenvalue weighted by Crippen LogP contribution is -2.39. The molecule has 1 aliphatic carbocycles. The minimum atomic E-state index is -0.965. The molecular weight excluding hydrogens is 394 g/mol. The Morgan fingerprint density at radius 3 is 2.65 bits per heavy atom. The summed E-state index contributed by atoms with van der Waals surface area (Å²) in [7, 11) is 1.46. The third-order valence-electron chi connectivity index (χ3n) is 5.45. The van der Waals surface area contributed by atoms with Gasteiger partial charge in [0.25, 0.3) is 5.91 Å². The molecule has 0 radical (unpaired) electrons. The molecule has 0 unspecified atom stereocenters. The lowest BCUT2D eigenvalue weighted by atomic mass is 9.87. The molecule has 7 nitrogen and oxygen atoms in total. The van der Waals surface area contributed by atoms with Gasteiger partial charge in [0.1, 0.15) is 0 Å². The number of aromatic nitrogens is 2. The first-order chi connectivity index (χ1) is 15.1. The second-order valence-corrected chi connectivity index (χ2v) is 7.53. The van der Waals surface area contributed by atoms with Crippen LogP contribution in [0, 0.1) is 0 Å². The SMILES string of the molecule is COc1cn(-c2ccccc2)nc1C(=O)O[C@@H](C)C(=O)N[C@@H]1CCCc2ccccc21. The minimum Gasteiger partial charge on any atom is -0.493 e. The molecule has 1 amide bonds. The van der Waals surface area contributed by atoms with Gasteiger partial charge >= 0.3 is 5.97 Å². The molecule has 2 aromatic carbocycles.